The van der Waals surface area contributed by atoms with Crippen molar-refractivity contribution in [2.24, 2.45) is 5.92 Å². The standard InChI is InChI=1S/C7H10O2/c8-5-6-2-1-3-7(9)4-6/h1,3,6,8H,2,4-5H2. The molecule has 0 amide bonds. The van der Waals surface area contributed by atoms with Crippen LogP contribution in [-0.2, 0) is 4.79 Å². The van der Waals surface area contributed by atoms with Crippen molar-refractivity contribution in [3.8, 4) is 0 Å². The number of rotatable bonds is 1. The van der Waals surface area contributed by atoms with Gasteiger partial charge in [-0.05, 0) is 18.4 Å². The van der Waals surface area contributed by atoms with Gasteiger partial charge in [-0.25, -0.2) is 0 Å². The Kier molecular flexibility index (Phi) is 2.01. The number of carbonyl (C=O) groups is 1. The molecule has 1 N–H and O–H groups in total. The average Bonchev–Trinajstić information content (AvgIpc) is 1.88. The van der Waals surface area contributed by atoms with Crippen LogP contribution >= 0.6 is 0 Å². The Morgan fingerprint density at radius 3 is 3.00 bits per heavy atom. The van der Waals surface area contributed by atoms with Crippen LogP contribution < -0.4 is 0 Å². The highest BCUT2D eigenvalue weighted by atomic mass is 16.3. The van der Waals surface area contributed by atoms with E-state index in [0.29, 0.717) is 6.42 Å². The van der Waals surface area contributed by atoms with Gasteiger partial charge in [0.2, 0.25) is 0 Å². The lowest BCUT2D eigenvalue weighted by Crippen LogP contribution is -2.13. The van der Waals surface area contributed by atoms with Gasteiger partial charge in [0, 0.05) is 13.0 Å². The largest absolute Gasteiger partial charge is 0.396 e. The molecule has 0 fully saturated rings. The van der Waals surface area contributed by atoms with Gasteiger partial charge in [-0.15, -0.1) is 0 Å². The maximum Gasteiger partial charge on any atom is 0.155 e. The molecule has 0 heterocycles. The first-order chi connectivity index (χ1) is 4.33. The molecule has 0 radical (unpaired) electrons. The molecule has 0 spiro atoms. The molecular formula is C7H10O2. The zero-order valence-corrected chi connectivity index (χ0v) is 5.21. The van der Waals surface area contributed by atoms with E-state index in [0.717, 1.165) is 6.42 Å². The third-order valence-electron chi connectivity index (χ3n) is 1.52. The van der Waals surface area contributed by atoms with E-state index in [4.69, 9.17) is 5.11 Å². The molecule has 9 heavy (non-hydrogen) atoms. The van der Waals surface area contributed by atoms with E-state index in [1.807, 2.05) is 6.08 Å². The van der Waals surface area contributed by atoms with Crippen molar-refractivity contribution in [3.63, 3.8) is 0 Å². The lowest BCUT2D eigenvalue weighted by Gasteiger charge is -2.12. The van der Waals surface area contributed by atoms with E-state index in [1.54, 1.807) is 6.08 Å². The second-order valence-corrected chi connectivity index (χ2v) is 2.36. The Bertz CT molecular complexity index is 138. The molecule has 0 saturated heterocycles. The van der Waals surface area contributed by atoms with Crippen molar-refractivity contribution in [2.75, 3.05) is 6.61 Å². The van der Waals surface area contributed by atoms with E-state index >= 15 is 0 Å². The van der Waals surface area contributed by atoms with Crippen molar-refractivity contribution in [2.45, 2.75) is 12.8 Å². The van der Waals surface area contributed by atoms with Crippen LogP contribution in [0.3, 0.4) is 0 Å². The Balaban J connectivity index is 2.47. The Hall–Kier alpha value is -0.630. The van der Waals surface area contributed by atoms with E-state index in [-0.39, 0.29) is 18.3 Å². The summed E-state index contributed by atoms with van der Waals surface area (Å²) < 4.78 is 0. The van der Waals surface area contributed by atoms with E-state index < -0.39 is 0 Å². The van der Waals surface area contributed by atoms with Gasteiger partial charge in [-0.3, -0.25) is 4.79 Å². The zero-order chi connectivity index (χ0) is 6.69. The number of ketones is 1. The van der Waals surface area contributed by atoms with Crippen molar-refractivity contribution in [3.05, 3.63) is 12.2 Å². The quantitative estimate of drug-likeness (QED) is 0.556. The van der Waals surface area contributed by atoms with Crippen LogP contribution in [0.1, 0.15) is 12.8 Å². The summed E-state index contributed by atoms with van der Waals surface area (Å²) in [7, 11) is 0. The molecular weight excluding hydrogens is 116 g/mol. The smallest absolute Gasteiger partial charge is 0.155 e. The Morgan fingerprint density at radius 2 is 2.56 bits per heavy atom. The van der Waals surface area contributed by atoms with Crippen molar-refractivity contribution < 1.29 is 9.90 Å². The number of hydrogen-bond donors (Lipinski definition) is 1. The van der Waals surface area contributed by atoms with Crippen LogP contribution in [-0.4, -0.2) is 17.5 Å². The van der Waals surface area contributed by atoms with Gasteiger partial charge in [0.15, 0.2) is 5.78 Å². The molecule has 2 nitrogen and oxygen atoms in total. The number of hydrogen-bond acceptors (Lipinski definition) is 2. The predicted octanol–water partition coefficient (Wildman–Crippen LogP) is 0.514. The average molecular weight is 126 g/mol. The monoisotopic (exact) mass is 126 g/mol. The Morgan fingerprint density at radius 1 is 1.78 bits per heavy atom. The first-order valence-corrected chi connectivity index (χ1v) is 3.13. The molecule has 1 rings (SSSR count). The lowest BCUT2D eigenvalue weighted by atomic mass is 9.95. The molecule has 0 aromatic rings. The minimum absolute atomic E-state index is 0.135. The summed E-state index contributed by atoms with van der Waals surface area (Å²) in [6, 6.07) is 0. The van der Waals surface area contributed by atoms with Gasteiger partial charge in [-0.2, -0.15) is 0 Å². The van der Waals surface area contributed by atoms with Crippen molar-refractivity contribution in [1.82, 2.24) is 0 Å². The summed E-state index contributed by atoms with van der Waals surface area (Å²) in [5.74, 6) is 0.322. The molecule has 0 saturated carbocycles. The molecule has 1 aliphatic rings. The first-order valence-electron chi connectivity index (χ1n) is 3.13. The fourth-order valence-electron chi connectivity index (χ4n) is 0.967. The van der Waals surface area contributed by atoms with Crippen LogP contribution in [0.4, 0.5) is 0 Å². The molecule has 1 aliphatic carbocycles. The second kappa shape index (κ2) is 2.78. The van der Waals surface area contributed by atoms with Gasteiger partial charge in [-0.1, -0.05) is 6.08 Å². The third kappa shape index (κ3) is 1.64. The van der Waals surface area contributed by atoms with Crippen LogP contribution in [0.5, 0.6) is 0 Å². The molecule has 50 valence electrons. The van der Waals surface area contributed by atoms with Crippen LogP contribution in [0, 0.1) is 5.92 Å². The topological polar surface area (TPSA) is 37.3 Å². The molecule has 2 heteroatoms. The summed E-state index contributed by atoms with van der Waals surface area (Å²) in [6.45, 7) is 0.135. The summed E-state index contributed by atoms with van der Waals surface area (Å²) >= 11 is 0. The minimum atomic E-state index is 0.135. The van der Waals surface area contributed by atoms with Crippen LogP contribution in [0.25, 0.3) is 0 Å². The van der Waals surface area contributed by atoms with Crippen molar-refractivity contribution >= 4 is 5.78 Å². The van der Waals surface area contributed by atoms with Crippen LogP contribution in [0.2, 0.25) is 0 Å². The lowest BCUT2D eigenvalue weighted by molar-refractivity contribution is -0.116. The highest BCUT2D eigenvalue weighted by molar-refractivity contribution is 5.90. The van der Waals surface area contributed by atoms with E-state index in [9.17, 15) is 4.79 Å². The zero-order valence-electron chi connectivity index (χ0n) is 5.21. The molecule has 0 aromatic heterocycles. The summed E-state index contributed by atoms with van der Waals surface area (Å²) in [6.07, 6.45) is 4.79. The fourth-order valence-corrected chi connectivity index (χ4v) is 0.967. The number of aliphatic hydroxyl groups excluding tert-OH is 1. The maximum atomic E-state index is 10.6. The highest BCUT2D eigenvalue weighted by Gasteiger charge is 2.13. The molecule has 1 atom stereocenters. The molecule has 0 bridgehead atoms. The van der Waals surface area contributed by atoms with Gasteiger partial charge in [0.1, 0.15) is 0 Å². The summed E-state index contributed by atoms with van der Waals surface area (Å²) in [4.78, 5) is 10.6. The first kappa shape index (κ1) is 6.49. The fraction of sp³-hybridized carbons (Fsp3) is 0.571. The van der Waals surface area contributed by atoms with E-state index in [1.165, 1.54) is 0 Å². The Labute approximate surface area is 54.2 Å². The third-order valence-corrected chi connectivity index (χ3v) is 1.52. The SMILES string of the molecule is O=C1C=CCC(CO)C1. The minimum Gasteiger partial charge on any atom is -0.396 e. The second-order valence-electron chi connectivity index (χ2n) is 2.36. The van der Waals surface area contributed by atoms with Crippen molar-refractivity contribution in [1.29, 1.82) is 0 Å². The molecule has 0 aromatic carbocycles. The molecule has 0 aliphatic heterocycles. The predicted molar refractivity (Wildman–Crippen MR) is 34.0 cm³/mol. The van der Waals surface area contributed by atoms with Crippen LogP contribution in [0.15, 0.2) is 12.2 Å². The highest BCUT2D eigenvalue weighted by Crippen LogP contribution is 2.13. The summed E-state index contributed by atoms with van der Waals surface area (Å²) in [5.41, 5.74) is 0. The van der Waals surface area contributed by atoms with Gasteiger partial charge in [0.25, 0.3) is 0 Å². The summed E-state index contributed by atoms with van der Waals surface area (Å²) in [5, 5.41) is 8.62. The number of allylic oxidation sites excluding steroid dienone is 2. The van der Waals surface area contributed by atoms with Gasteiger partial charge >= 0.3 is 0 Å². The van der Waals surface area contributed by atoms with Gasteiger partial charge < -0.3 is 5.11 Å². The normalized spacial score (nSPS) is 26.8. The maximum absolute atomic E-state index is 10.6. The van der Waals surface area contributed by atoms with E-state index in [2.05, 4.69) is 0 Å². The van der Waals surface area contributed by atoms with Gasteiger partial charge in [0.05, 0.1) is 0 Å². The number of aliphatic hydroxyl groups is 1. The molecule has 1 unspecified atom stereocenters. The number of carbonyl (C=O) groups excluding carboxylic acids is 1.